The quantitative estimate of drug-likeness (QED) is 0.175. The lowest BCUT2D eigenvalue weighted by atomic mass is 9.82. The van der Waals surface area contributed by atoms with Gasteiger partial charge < -0.3 is 14.4 Å². The van der Waals surface area contributed by atoms with Gasteiger partial charge in [0.1, 0.15) is 18.1 Å². The Hall–Kier alpha value is -5.13. The highest BCUT2D eigenvalue weighted by atomic mass is 32.1. The van der Waals surface area contributed by atoms with Crippen molar-refractivity contribution in [1.82, 2.24) is 0 Å². The molecule has 2 aliphatic carbocycles. The predicted molar refractivity (Wildman–Crippen MR) is 196 cm³/mol. The lowest BCUT2D eigenvalue weighted by Crippen LogP contribution is -2.18. The Kier molecular flexibility index (Phi) is 6.31. The van der Waals surface area contributed by atoms with Gasteiger partial charge in [-0.3, -0.25) is 4.79 Å². The van der Waals surface area contributed by atoms with Crippen LogP contribution in [-0.4, -0.2) is 19.5 Å². The minimum absolute atomic E-state index is 0.115. The topological polar surface area (TPSA) is 38.8 Å². The molecule has 0 saturated heterocycles. The molecule has 48 heavy (non-hydrogen) atoms. The average Bonchev–Trinajstić information content (AvgIpc) is 3.69. The van der Waals surface area contributed by atoms with Gasteiger partial charge in [0.15, 0.2) is 17.8 Å². The van der Waals surface area contributed by atoms with E-state index in [2.05, 4.69) is 142 Å². The molecule has 2 heterocycles. The molecule has 0 N–H and O–H groups in total. The standard InChI is InChI=1S/C43H35NO3S/c1-42(2)34-11-7-5-9-30(34)32-19-17-28(23-36(32)42)44(29-18-20-33-31-10-6-8-12-35(31)43(3,4)37(33)24-29)27-15-13-26(14-16-27)41-40-39(38(25-45)48-41)46-21-22-47-40/h5-20,23-25H,21-22H2,1-4H3. The summed E-state index contributed by atoms with van der Waals surface area (Å²) < 4.78 is 11.8. The summed E-state index contributed by atoms with van der Waals surface area (Å²) in [6, 6.07) is 40.0. The van der Waals surface area contributed by atoms with Crippen LogP contribution in [0.15, 0.2) is 109 Å². The Morgan fingerprint density at radius 2 is 1.06 bits per heavy atom. The van der Waals surface area contributed by atoms with E-state index in [1.807, 2.05) is 0 Å². The molecule has 6 aromatic rings. The number of thiophene rings is 1. The van der Waals surface area contributed by atoms with Gasteiger partial charge in [0.05, 0.1) is 4.88 Å². The Morgan fingerprint density at radius 3 is 1.60 bits per heavy atom. The van der Waals surface area contributed by atoms with Crippen LogP contribution in [0.1, 0.15) is 59.6 Å². The molecule has 9 rings (SSSR count). The molecule has 5 heteroatoms. The van der Waals surface area contributed by atoms with E-state index in [-0.39, 0.29) is 10.8 Å². The highest BCUT2D eigenvalue weighted by molar-refractivity contribution is 7.18. The van der Waals surface area contributed by atoms with Gasteiger partial charge in [-0.05, 0) is 86.5 Å². The molecule has 0 fully saturated rings. The van der Waals surface area contributed by atoms with Crippen molar-refractivity contribution in [1.29, 1.82) is 0 Å². The first-order chi connectivity index (χ1) is 23.3. The molecule has 0 atom stereocenters. The van der Waals surface area contributed by atoms with Crippen LogP contribution >= 0.6 is 11.3 Å². The van der Waals surface area contributed by atoms with Crippen LogP contribution < -0.4 is 14.4 Å². The van der Waals surface area contributed by atoms with Crippen molar-refractivity contribution in [2.24, 2.45) is 0 Å². The first-order valence-corrected chi connectivity index (χ1v) is 17.4. The highest BCUT2D eigenvalue weighted by Gasteiger charge is 2.37. The third kappa shape index (κ3) is 4.10. The molecule has 0 saturated carbocycles. The zero-order valence-corrected chi connectivity index (χ0v) is 28.3. The fraction of sp³-hybridized carbons (Fsp3) is 0.186. The van der Waals surface area contributed by atoms with E-state index in [4.69, 9.17) is 9.47 Å². The maximum Gasteiger partial charge on any atom is 0.183 e. The molecule has 0 amide bonds. The van der Waals surface area contributed by atoms with Gasteiger partial charge in [-0.2, -0.15) is 0 Å². The van der Waals surface area contributed by atoms with Crippen LogP contribution in [0.3, 0.4) is 0 Å². The van der Waals surface area contributed by atoms with Crippen molar-refractivity contribution in [2.45, 2.75) is 38.5 Å². The largest absolute Gasteiger partial charge is 0.485 e. The van der Waals surface area contributed by atoms with Gasteiger partial charge in [0, 0.05) is 27.9 Å². The van der Waals surface area contributed by atoms with Crippen molar-refractivity contribution in [3.8, 4) is 44.2 Å². The van der Waals surface area contributed by atoms with E-state index in [1.165, 1.54) is 55.8 Å². The van der Waals surface area contributed by atoms with E-state index in [9.17, 15) is 4.79 Å². The minimum atomic E-state index is -0.115. The van der Waals surface area contributed by atoms with E-state index in [0.717, 1.165) is 33.8 Å². The Morgan fingerprint density at radius 1 is 0.583 bits per heavy atom. The third-order valence-corrected chi connectivity index (χ3v) is 11.7. The SMILES string of the molecule is CC1(C)c2ccccc2-c2ccc(N(c3ccc(-c4sc(C=O)c5c4OCCO5)cc3)c3ccc4c(c3)C(C)(C)c3ccccc3-4)cc21. The lowest BCUT2D eigenvalue weighted by Gasteiger charge is -2.30. The molecule has 5 aromatic carbocycles. The number of hydrogen-bond donors (Lipinski definition) is 0. The normalized spacial score (nSPS) is 15.7. The van der Waals surface area contributed by atoms with Crippen molar-refractivity contribution in [3.63, 3.8) is 0 Å². The Balaban J connectivity index is 1.20. The second-order valence-corrected chi connectivity index (χ2v) is 15.0. The molecule has 236 valence electrons. The van der Waals surface area contributed by atoms with Crippen LogP contribution in [0.2, 0.25) is 0 Å². The number of carbonyl (C=O) groups is 1. The second kappa shape index (κ2) is 10.4. The molecule has 0 spiro atoms. The summed E-state index contributed by atoms with van der Waals surface area (Å²) in [5.74, 6) is 1.23. The second-order valence-electron chi connectivity index (χ2n) is 14.0. The van der Waals surface area contributed by atoms with Gasteiger partial charge >= 0.3 is 0 Å². The van der Waals surface area contributed by atoms with Crippen molar-refractivity contribution < 1.29 is 14.3 Å². The summed E-state index contributed by atoms with van der Waals surface area (Å²) >= 11 is 1.42. The van der Waals surface area contributed by atoms with Gasteiger partial charge in [0.2, 0.25) is 0 Å². The van der Waals surface area contributed by atoms with Crippen molar-refractivity contribution in [2.75, 3.05) is 18.1 Å². The Labute approximate surface area is 285 Å². The zero-order valence-electron chi connectivity index (χ0n) is 27.5. The van der Waals surface area contributed by atoms with Crippen molar-refractivity contribution in [3.05, 3.63) is 136 Å². The average molecular weight is 646 g/mol. The van der Waals surface area contributed by atoms with Crippen LogP contribution in [0, 0.1) is 0 Å². The van der Waals surface area contributed by atoms with E-state index < -0.39 is 0 Å². The Bertz CT molecular complexity index is 2170. The summed E-state index contributed by atoms with van der Waals surface area (Å²) in [4.78, 5) is 15.7. The maximum atomic E-state index is 11.8. The van der Waals surface area contributed by atoms with Gasteiger partial charge in [0.25, 0.3) is 0 Å². The molecule has 0 radical (unpaired) electrons. The summed E-state index contributed by atoms with van der Waals surface area (Å²) in [5.41, 5.74) is 14.7. The van der Waals surface area contributed by atoms with Crippen LogP contribution in [0.5, 0.6) is 11.5 Å². The molecule has 1 aromatic heterocycles. The third-order valence-electron chi connectivity index (χ3n) is 10.6. The monoisotopic (exact) mass is 645 g/mol. The fourth-order valence-electron chi connectivity index (χ4n) is 8.11. The predicted octanol–water partition coefficient (Wildman–Crippen LogP) is 11.1. The smallest absolute Gasteiger partial charge is 0.183 e. The van der Waals surface area contributed by atoms with E-state index in [1.54, 1.807) is 0 Å². The summed E-state index contributed by atoms with van der Waals surface area (Å²) in [6.45, 7) is 10.2. The maximum absolute atomic E-state index is 11.8. The number of hydrogen-bond acceptors (Lipinski definition) is 5. The van der Waals surface area contributed by atoms with Gasteiger partial charge in [-0.1, -0.05) is 100 Å². The number of benzene rings is 5. The molecule has 3 aliphatic rings. The van der Waals surface area contributed by atoms with Crippen molar-refractivity contribution >= 4 is 34.7 Å². The lowest BCUT2D eigenvalue weighted by molar-refractivity contribution is 0.111. The van der Waals surface area contributed by atoms with Gasteiger partial charge in [-0.25, -0.2) is 0 Å². The number of aldehydes is 1. The van der Waals surface area contributed by atoms with Crippen LogP contribution in [-0.2, 0) is 10.8 Å². The highest BCUT2D eigenvalue weighted by Crippen LogP contribution is 2.54. The molecular weight excluding hydrogens is 611 g/mol. The van der Waals surface area contributed by atoms with Crippen LogP contribution in [0.4, 0.5) is 17.1 Å². The summed E-state index contributed by atoms with van der Waals surface area (Å²) in [6.07, 6.45) is 0.860. The summed E-state index contributed by atoms with van der Waals surface area (Å²) in [7, 11) is 0. The number of nitrogens with zero attached hydrogens (tertiary/aromatic N) is 1. The minimum Gasteiger partial charge on any atom is -0.485 e. The molecule has 0 bridgehead atoms. The molecule has 1 aliphatic heterocycles. The molecule has 0 unspecified atom stereocenters. The first-order valence-electron chi connectivity index (χ1n) is 16.5. The first kappa shape index (κ1) is 29.0. The summed E-state index contributed by atoms with van der Waals surface area (Å²) in [5, 5.41) is 0. The van der Waals surface area contributed by atoms with E-state index in [0.29, 0.717) is 29.6 Å². The number of rotatable bonds is 5. The number of fused-ring (bicyclic) bond motifs is 7. The number of carbonyl (C=O) groups excluding carboxylic acids is 1. The molecular formula is C43H35NO3S. The zero-order chi connectivity index (χ0) is 32.8. The fourth-order valence-corrected chi connectivity index (χ4v) is 9.12. The van der Waals surface area contributed by atoms with E-state index >= 15 is 0 Å². The molecule has 4 nitrogen and oxygen atoms in total. The number of ether oxygens (including phenoxy) is 2. The number of anilines is 3. The van der Waals surface area contributed by atoms with Gasteiger partial charge in [-0.15, -0.1) is 11.3 Å². The van der Waals surface area contributed by atoms with Crippen LogP contribution in [0.25, 0.3) is 32.7 Å².